The van der Waals surface area contributed by atoms with Gasteiger partial charge >= 0.3 is 0 Å². The average molecular weight is 385 g/mol. The molecule has 0 saturated heterocycles. The summed E-state index contributed by atoms with van der Waals surface area (Å²) in [7, 11) is 1.78. The number of anilines is 3. The number of rotatable bonds is 4. The summed E-state index contributed by atoms with van der Waals surface area (Å²) in [5, 5.41) is 9.31. The van der Waals surface area contributed by atoms with Crippen molar-refractivity contribution in [3.05, 3.63) is 35.3 Å². The molecule has 0 spiro atoms. The lowest BCUT2D eigenvalue weighted by Gasteiger charge is -2.24. The van der Waals surface area contributed by atoms with E-state index in [1.54, 1.807) is 13.1 Å². The van der Waals surface area contributed by atoms with Crippen LogP contribution >= 0.6 is 0 Å². The summed E-state index contributed by atoms with van der Waals surface area (Å²) in [6, 6.07) is 3.44. The lowest BCUT2D eigenvalue weighted by atomic mass is 9.98. The van der Waals surface area contributed by atoms with Gasteiger partial charge in [-0.25, -0.2) is 9.37 Å². The van der Waals surface area contributed by atoms with Crippen LogP contribution in [0, 0.1) is 12.7 Å². The van der Waals surface area contributed by atoms with E-state index in [1.807, 2.05) is 19.1 Å². The molecule has 4 rings (SSSR count). The Morgan fingerprint density at radius 1 is 1.18 bits per heavy atom. The van der Waals surface area contributed by atoms with Crippen molar-refractivity contribution in [3.8, 4) is 11.5 Å². The van der Waals surface area contributed by atoms with Gasteiger partial charge in [0.1, 0.15) is 19.0 Å². The molecule has 2 aliphatic rings. The number of nitrogens with one attached hydrogen (secondary N) is 3. The molecule has 0 aliphatic carbocycles. The molecule has 0 saturated carbocycles. The van der Waals surface area contributed by atoms with Crippen LogP contribution in [0.3, 0.4) is 0 Å². The van der Waals surface area contributed by atoms with E-state index in [-0.39, 0.29) is 11.5 Å². The lowest BCUT2D eigenvalue weighted by molar-refractivity contribution is 0.170. The summed E-state index contributed by atoms with van der Waals surface area (Å²) in [6.07, 6.45) is 3.73. The monoisotopic (exact) mass is 385 g/mol. The zero-order valence-electron chi connectivity index (χ0n) is 16.1. The molecule has 3 heterocycles. The van der Waals surface area contributed by atoms with Gasteiger partial charge in [-0.1, -0.05) is 6.08 Å². The molecule has 1 aromatic carbocycles. The van der Waals surface area contributed by atoms with Crippen LogP contribution in [0.2, 0.25) is 0 Å². The minimum absolute atomic E-state index is 0.269. The molecular weight excluding hydrogens is 361 g/mol. The Bertz CT molecular complexity index is 916. The van der Waals surface area contributed by atoms with E-state index in [4.69, 9.17) is 9.47 Å². The fourth-order valence-corrected chi connectivity index (χ4v) is 3.44. The number of aromatic nitrogens is 2. The summed E-state index contributed by atoms with van der Waals surface area (Å²) in [6.45, 7) is 4.31. The van der Waals surface area contributed by atoms with Crippen molar-refractivity contribution in [1.82, 2.24) is 15.3 Å². The van der Waals surface area contributed by atoms with Gasteiger partial charge in [-0.2, -0.15) is 4.98 Å². The third-order valence-corrected chi connectivity index (χ3v) is 4.74. The van der Waals surface area contributed by atoms with E-state index in [2.05, 4.69) is 25.9 Å². The Kier molecular flexibility index (Phi) is 5.29. The van der Waals surface area contributed by atoms with Crippen LogP contribution in [0.25, 0.3) is 5.57 Å². The van der Waals surface area contributed by atoms with Crippen LogP contribution in [0.15, 0.2) is 18.2 Å². The Balaban J connectivity index is 1.79. The first-order valence-electron chi connectivity index (χ1n) is 9.48. The summed E-state index contributed by atoms with van der Waals surface area (Å²) in [5.74, 6) is 1.61. The Hall–Kier alpha value is -2.87. The third-order valence-electron chi connectivity index (χ3n) is 4.74. The second-order valence-electron chi connectivity index (χ2n) is 6.77. The van der Waals surface area contributed by atoms with E-state index >= 15 is 4.39 Å². The fraction of sp³-hybridized carbons (Fsp3) is 0.400. The smallest absolute Gasteiger partial charge is 0.229 e. The lowest BCUT2D eigenvalue weighted by Crippen LogP contribution is -2.18. The average Bonchev–Trinajstić information content (AvgIpc) is 2.97. The normalized spacial score (nSPS) is 16.2. The Labute approximate surface area is 163 Å². The number of halogens is 1. The van der Waals surface area contributed by atoms with Gasteiger partial charge in [-0.15, -0.1) is 0 Å². The fourth-order valence-electron chi connectivity index (χ4n) is 3.44. The summed E-state index contributed by atoms with van der Waals surface area (Å²) >= 11 is 0. The molecular formula is C20H24FN5O2. The van der Waals surface area contributed by atoms with Gasteiger partial charge in [-0.3, -0.25) is 0 Å². The van der Waals surface area contributed by atoms with E-state index in [0.29, 0.717) is 48.6 Å². The first-order valence-corrected chi connectivity index (χ1v) is 9.48. The molecule has 0 amide bonds. The SMILES string of the molecule is CNc1cc(C)nc(Nc2cc3c(c(C4=CCNCCC4)c2F)OCCO3)n1. The molecule has 2 aliphatic heterocycles. The number of fused-ring (bicyclic) bond motifs is 1. The van der Waals surface area contributed by atoms with Crippen LogP contribution in [0.4, 0.5) is 21.8 Å². The minimum Gasteiger partial charge on any atom is -0.486 e. The predicted octanol–water partition coefficient (Wildman–Crippen LogP) is 3.25. The molecule has 3 N–H and O–H groups in total. The van der Waals surface area contributed by atoms with Crippen LogP contribution in [0.5, 0.6) is 11.5 Å². The second kappa shape index (κ2) is 8.02. The van der Waals surface area contributed by atoms with E-state index < -0.39 is 0 Å². The van der Waals surface area contributed by atoms with Crippen molar-refractivity contribution in [2.24, 2.45) is 0 Å². The molecule has 28 heavy (non-hydrogen) atoms. The zero-order chi connectivity index (χ0) is 19.5. The number of hydrogen-bond acceptors (Lipinski definition) is 7. The number of allylic oxidation sites excluding steroid dienone is 1. The molecule has 7 nitrogen and oxygen atoms in total. The zero-order valence-corrected chi connectivity index (χ0v) is 16.1. The predicted molar refractivity (Wildman–Crippen MR) is 107 cm³/mol. The van der Waals surface area contributed by atoms with Crippen molar-refractivity contribution < 1.29 is 13.9 Å². The molecule has 1 aromatic heterocycles. The number of aryl methyl sites for hydroxylation is 1. The topological polar surface area (TPSA) is 80.3 Å². The summed E-state index contributed by atoms with van der Waals surface area (Å²) in [5.41, 5.74) is 2.43. The first-order chi connectivity index (χ1) is 13.7. The van der Waals surface area contributed by atoms with Gasteiger partial charge < -0.3 is 25.4 Å². The van der Waals surface area contributed by atoms with E-state index in [9.17, 15) is 0 Å². The third kappa shape index (κ3) is 3.73. The maximum absolute atomic E-state index is 15.6. The van der Waals surface area contributed by atoms with E-state index in [0.717, 1.165) is 30.7 Å². The van der Waals surface area contributed by atoms with Gasteiger partial charge in [0.25, 0.3) is 0 Å². The molecule has 2 aromatic rings. The molecule has 0 unspecified atom stereocenters. The molecule has 0 fully saturated rings. The largest absolute Gasteiger partial charge is 0.486 e. The standard InChI is InChI=1S/C20H24FN5O2/c1-12-10-16(22-2)26-20(24-12)25-14-11-15-19(28-9-8-27-15)17(18(14)21)13-4-3-6-23-7-5-13/h5,10-11,23H,3-4,6-9H2,1-2H3,(H2,22,24,25,26). The molecule has 0 atom stereocenters. The minimum atomic E-state index is -0.381. The highest BCUT2D eigenvalue weighted by atomic mass is 19.1. The maximum Gasteiger partial charge on any atom is 0.229 e. The molecule has 8 heteroatoms. The molecule has 148 valence electrons. The molecule has 0 radical (unpaired) electrons. The Morgan fingerprint density at radius 2 is 2.04 bits per heavy atom. The van der Waals surface area contributed by atoms with Crippen LogP contribution in [-0.2, 0) is 0 Å². The first kappa shape index (κ1) is 18.5. The quantitative estimate of drug-likeness (QED) is 0.745. The number of benzene rings is 1. The summed E-state index contributed by atoms with van der Waals surface area (Å²) in [4.78, 5) is 8.72. The molecule has 0 bridgehead atoms. The highest BCUT2D eigenvalue weighted by Gasteiger charge is 2.26. The van der Waals surface area contributed by atoms with Crippen molar-refractivity contribution in [3.63, 3.8) is 0 Å². The van der Waals surface area contributed by atoms with Crippen molar-refractivity contribution >= 4 is 23.0 Å². The maximum atomic E-state index is 15.6. The number of nitrogens with zero attached hydrogens (tertiary/aromatic N) is 2. The van der Waals surface area contributed by atoms with Gasteiger partial charge in [0.05, 0.1) is 11.3 Å². The van der Waals surface area contributed by atoms with Crippen LogP contribution in [0.1, 0.15) is 24.1 Å². The van der Waals surface area contributed by atoms with Gasteiger partial charge in [0, 0.05) is 31.4 Å². The Morgan fingerprint density at radius 3 is 2.89 bits per heavy atom. The number of hydrogen-bond donors (Lipinski definition) is 3. The van der Waals surface area contributed by atoms with Gasteiger partial charge in [-0.05, 0) is 31.9 Å². The van der Waals surface area contributed by atoms with Crippen LogP contribution in [-0.4, -0.2) is 43.3 Å². The van der Waals surface area contributed by atoms with Gasteiger partial charge in [0.15, 0.2) is 17.3 Å². The highest BCUT2D eigenvalue weighted by Crippen LogP contribution is 2.44. The van der Waals surface area contributed by atoms with E-state index in [1.165, 1.54) is 0 Å². The van der Waals surface area contributed by atoms with Crippen molar-refractivity contribution in [2.45, 2.75) is 19.8 Å². The number of ether oxygens (including phenoxy) is 2. The van der Waals surface area contributed by atoms with Gasteiger partial charge in [0.2, 0.25) is 5.95 Å². The van der Waals surface area contributed by atoms with Crippen molar-refractivity contribution in [1.29, 1.82) is 0 Å². The second-order valence-corrected chi connectivity index (χ2v) is 6.77. The van der Waals surface area contributed by atoms with Crippen LogP contribution < -0.4 is 25.4 Å². The van der Waals surface area contributed by atoms with Crippen molar-refractivity contribution in [2.75, 3.05) is 44.0 Å². The highest BCUT2D eigenvalue weighted by molar-refractivity contribution is 5.79. The summed E-state index contributed by atoms with van der Waals surface area (Å²) < 4.78 is 27.2.